The van der Waals surface area contributed by atoms with Crippen molar-refractivity contribution in [1.82, 2.24) is 15.1 Å². The van der Waals surface area contributed by atoms with E-state index in [1.54, 1.807) is 24.1 Å². The predicted octanol–water partition coefficient (Wildman–Crippen LogP) is 1.03. The number of nitrogens with two attached hydrogens (primary N) is 1. The predicted molar refractivity (Wildman–Crippen MR) is 72.1 cm³/mol. The van der Waals surface area contributed by atoms with Crippen molar-refractivity contribution >= 4 is 11.7 Å². The number of aromatic nitrogens is 2. The molecule has 0 aliphatic rings. The zero-order valence-electron chi connectivity index (χ0n) is 10.6. The maximum Gasteiger partial charge on any atom is 0.274 e. The Morgan fingerprint density at radius 3 is 2.53 bits per heavy atom. The van der Waals surface area contributed by atoms with Gasteiger partial charge in [-0.05, 0) is 17.7 Å². The van der Waals surface area contributed by atoms with Gasteiger partial charge in [0.1, 0.15) is 0 Å². The standard InChI is InChI=1S/C13H15N5O/c1-18(9-10-5-3-2-4-6-10)13(19)11-7-8-12(15-14)17-16-11/h2-8H,9,14H2,1H3,(H,15,17). The van der Waals surface area contributed by atoms with Gasteiger partial charge in [-0.1, -0.05) is 30.3 Å². The van der Waals surface area contributed by atoms with Gasteiger partial charge in [0.25, 0.3) is 5.91 Å². The number of benzene rings is 1. The van der Waals surface area contributed by atoms with Crippen molar-refractivity contribution in [2.24, 2.45) is 5.84 Å². The molecule has 0 saturated carbocycles. The second-order valence-corrected chi connectivity index (χ2v) is 4.09. The Kier molecular flexibility index (Phi) is 4.04. The average molecular weight is 257 g/mol. The van der Waals surface area contributed by atoms with Gasteiger partial charge in [-0.3, -0.25) is 4.79 Å². The molecule has 1 heterocycles. The molecule has 19 heavy (non-hydrogen) atoms. The van der Waals surface area contributed by atoms with Crippen LogP contribution in [0.3, 0.4) is 0 Å². The highest BCUT2D eigenvalue weighted by molar-refractivity contribution is 5.92. The molecule has 2 rings (SSSR count). The second-order valence-electron chi connectivity index (χ2n) is 4.09. The largest absolute Gasteiger partial charge is 0.336 e. The molecule has 0 unspecified atom stereocenters. The number of rotatable bonds is 4. The molecule has 0 radical (unpaired) electrons. The summed E-state index contributed by atoms with van der Waals surface area (Å²) >= 11 is 0. The molecule has 0 spiro atoms. The molecule has 1 aromatic carbocycles. The van der Waals surface area contributed by atoms with Crippen molar-refractivity contribution in [1.29, 1.82) is 0 Å². The van der Waals surface area contributed by atoms with Crippen LogP contribution in [0.15, 0.2) is 42.5 Å². The summed E-state index contributed by atoms with van der Waals surface area (Å²) in [6.45, 7) is 0.526. The van der Waals surface area contributed by atoms with E-state index in [9.17, 15) is 4.79 Å². The number of hydrogen-bond donors (Lipinski definition) is 2. The molecule has 98 valence electrons. The first-order valence-corrected chi connectivity index (χ1v) is 5.80. The van der Waals surface area contributed by atoms with Crippen molar-refractivity contribution in [3.05, 3.63) is 53.7 Å². The van der Waals surface area contributed by atoms with Crippen molar-refractivity contribution < 1.29 is 4.79 Å². The highest BCUT2D eigenvalue weighted by Gasteiger charge is 2.13. The Labute approximate surface area is 111 Å². The Morgan fingerprint density at radius 2 is 1.95 bits per heavy atom. The van der Waals surface area contributed by atoms with E-state index in [0.717, 1.165) is 5.56 Å². The number of nitrogens with zero attached hydrogens (tertiary/aromatic N) is 3. The highest BCUT2D eigenvalue weighted by atomic mass is 16.2. The van der Waals surface area contributed by atoms with Gasteiger partial charge in [-0.2, -0.15) is 0 Å². The van der Waals surface area contributed by atoms with E-state index < -0.39 is 0 Å². The summed E-state index contributed by atoms with van der Waals surface area (Å²) in [4.78, 5) is 13.7. The average Bonchev–Trinajstić information content (AvgIpc) is 2.47. The summed E-state index contributed by atoms with van der Waals surface area (Å²) in [7, 11) is 1.73. The van der Waals surface area contributed by atoms with Crippen molar-refractivity contribution in [2.45, 2.75) is 6.54 Å². The molecule has 2 aromatic rings. The molecular formula is C13H15N5O. The molecule has 6 heteroatoms. The summed E-state index contributed by atoms with van der Waals surface area (Å²) in [5.74, 6) is 5.43. The van der Waals surface area contributed by atoms with Gasteiger partial charge >= 0.3 is 0 Å². The van der Waals surface area contributed by atoms with E-state index in [1.807, 2.05) is 30.3 Å². The van der Waals surface area contributed by atoms with Gasteiger partial charge in [0, 0.05) is 13.6 Å². The lowest BCUT2D eigenvalue weighted by Crippen LogP contribution is -2.27. The van der Waals surface area contributed by atoms with E-state index in [1.165, 1.54) is 0 Å². The normalized spacial score (nSPS) is 10.0. The van der Waals surface area contributed by atoms with E-state index in [0.29, 0.717) is 12.4 Å². The minimum absolute atomic E-state index is 0.181. The third-order valence-electron chi connectivity index (χ3n) is 2.64. The molecule has 0 fully saturated rings. The van der Waals surface area contributed by atoms with E-state index in [2.05, 4.69) is 15.6 Å². The van der Waals surface area contributed by atoms with Crippen molar-refractivity contribution in [2.75, 3.05) is 12.5 Å². The molecule has 0 aliphatic carbocycles. The third kappa shape index (κ3) is 3.26. The minimum Gasteiger partial charge on any atom is -0.336 e. The molecular weight excluding hydrogens is 242 g/mol. The number of anilines is 1. The number of nitrogen functional groups attached to an aromatic ring is 1. The lowest BCUT2D eigenvalue weighted by molar-refractivity contribution is 0.0778. The van der Waals surface area contributed by atoms with Crippen LogP contribution in [0.1, 0.15) is 16.1 Å². The fourth-order valence-corrected chi connectivity index (χ4v) is 1.65. The molecule has 1 aromatic heterocycles. The van der Waals surface area contributed by atoms with Crippen LogP contribution in [-0.4, -0.2) is 28.1 Å². The summed E-state index contributed by atoms with van der Waals surface area (Å²) in [6, 6.07) is 13.0. The molecule has 3 N–H and O–H groups in total. The van der Waals surface area contributed by atoms with Crippen LogP contribution in [0.2, 0.25) is 0 Å². The first-order valence-electron chi connectivity index (χ1n) is 5.80. The fourth-order valence-electron chi connectivity index (χ4n) is 1.65. The van der Waals surface area contributed by atoms with Gasteiger partial charge in [0.05, 0.1) is 0 Å². The minimum atomic E-state index is -0.181. The van der Waals surface area contributed by atoms with Crippen molar-refractivity contribution in [3.8, 4) is 0 Å². The first-order chi connectivity index (χ1) is 9.20. The molecule has 0 bridgehead atoms. The van der Waals surface area contributed by atoms with Crippen LogP contribution in [-0.2, 0) is 6.54 Å². The topological polar surface area (TPSA) is 84.1 Å². The molecule has 0 saturated heterocycles. The van der Waals surface area contributed by atoms with Crippen LogP contribution in [0.5, 0.6) is 0 Å². The number of amides is 1. The van der Waals surface area contributed by atoms with Crippen LogP contribution in [0.4, 0.5) is 5.82 Å². The van der Waals surface area contributed by atoms with Crippen LogP contribution in [0, 0.1) is 0 Å². The number of nitrogens with one attached hydrogen (secondary N) is 1. The number of hydrazine groups is 1. The van der Waals surface area contributed by atoms with E-state index in [-0.39, 0.29) is 11.6 Å². The maximum atomic E-state index is 12.1. The van der Waals surface area contributed by atoms with Gasteiger partial charge < -0.3 is 10.3 Å². The zero-order chi connectivity index (χ0) is 13.7. The fraction of sp³-hybridized carbons (Fsp3) is 0.154. The zero-order valence-corrected chi connectivity index (χ0v) is 10.6. The summed E-state index contributed by atoms with van der Waals surface area (Å²) < 4.78 is 0. The van der Waals surface area contributed by atoms with E-state index in [4.69, 9.17) is 5.84 Å². The molecule has 1 amide bonds. The Morgan fingerprint density at radius 1 is 1.21 bits per heavy atom. The monoisotopic (exact) mass is 257 g/mol. The van der Waals surface area contributed by atoms with Crippen LogP contribution in [0.25, 0.3) is 0 Å². The third-order valence-corrected chi connectivity index (χ3v) is 2.64. The number of carbonyl (C=O) groups excluding carboxylic acids is 1. The summed E-state index contributed by atoms with van der Waals surface area (Å²) in [5.41, 5.74) is 3.71. The maximum absolute atomic E-state index is 12.1. The smallest absolute Gasteiger partial charge is 0.274 e. The second kappa shape index (κ2) is 5.92. The molecule has 0 atom stereocenters. The molecule has 0 aliphatic heterocycles. The van der Waals surface area contributed by atoms with Gasteiger partial charge in [-0.15, -0.1) is 10.2 Å². The number of hydrogen-bond acceptors (Lipinski definition) is 5. The van der Waals surface area contributed by atoms with Crippen molar-refractivity contribution in [3.63, 3.8) is 0 Å². The van der Waals surface area contributed by atoms with Crippen LogP contribution >= 0.6 is 0 Å². The lowest BCUT2D eigenvalue weighted by atomic mass is 10.2. The Balaban J connectivity index is 2.06. The molecule has 6 nitrogen and oxygen atoms in total. The van der Waals surface area contributed by atoms with Gasteiger partial charge in [0.2, 0.25) is 0 Å². The summed E-state index contributed by atoms with van der Waals surface area (Å²) in [5, 5.41) is 7.60. The van der Waals surface area contributed by atoms with E-state index >= 15 is 0 Å². The Bertz CT molecular complexity index is 541. The van der Waals surface area contributed by atoms with Gasteiger partial charge in [0.15, 0.2) is 11.5 Å². The highest BCUT2D eigenvalue weighted by Crippen LogP contribution is 2.07. The van der Waals surface area contributed by atoms with Crippen LogP contribution < -0.4 is 11.3 Å². The number of carbonyl (C=O) groups is 1. The SMILES string of the molecule is CN(Cc1ccccc1)C(=O)c1ccc(NN)nn1. The Hall–Kier alpha value is -2.47. The van der Waals surface area contributed by atoms with Gasteiger partial charge in [-0.25, -0.2) is 5.84 Å². The lowest BCUT2D eigenvalue weighted by Gasteiger charge is -2.16. The first kappa shape index (κ1) is 13.0. The summed E-state index contributed by atoms with van der Waals surface area (Å²) in [6.07, 6.45) is 0. The quantitative estimate of drug-likeness (QED) is 0.631.